The highest BCUT2D eigenvalue weighted by Gasteiger charge is 2.32. The number of carbonyl (C=O) groups is 2. The van der Waals surface area contributed by atoms with Crippen LogP contribution in [-0.2, 0) is 19.1 Å². The summed E-state index contributed by atoms with van der Waals surface area (Å²) in [5, 5.41) is 8.54. The van der Waals surface area contributed by atoms with Crippen molar-refractivity contribution in [2.24, 2.45) is 0 Å². The van der Waals surface area contributed by atoms with E-state index in [2.05, 4.69) is 0 Å². The molecule has 1 aliphatic heterocycles. The van der Waals surface area contributed by atoms with Crippen LogP contribution in [0.2, 0.25) is 0 Å². The number of hydrogen-bond donors (Lipinski definition) is 1. The summed E-state index contributed by atoms with van der Waals surface area (Å²) in [7, 11) is 0. The molecular weight excluding hydrogens is 164 g/mol. The Morgan fingerprint density at radius 1 is 1.75 bits per heavy atom. The summed E-state index contributed by atoms with van der Waals surface area (Å²) in [4.78, 5) is 21.3. The number of ketones is 1. The predicted molar refractivity (Wildman–Crippen MR) is 37.2 cm³/mol. The minimum absolute atomic E-state index is 0.171. The summed E-state index contributed by atoms with van der Waals surface area (Å²) >= 11 is 0. The first-order chi connectivity index (χ1) is 5.66. The van der Waals surface area contributed by atoms with Crippen LogP contribution in [0.5, 0.6) is 0 Å². The van der Waals surface area contributed by atoms with Gasteiger partial charge in [0.25, 0.3) is 5.95 Å². The fourth-order valence-electron chi connectivity index (χ4n) is 0.841. The molecule has 1 aliphatic rings. The van der Waals surface area contributed by atoms with Crippen molar-refractivity contribution < 1.29 is 24.2 Å². The maximum Gasteiger partial charge on any atom is 0.346 e. The second-order valence-electron chi connectivity index (χ2n) is 2.11. The van der Waals surface area contributed by atoms with Gasteiger partial charge in [-0.3, -0.25) is 4.79 Å². The van der Waals surface area contributed by atoms with Crippen LogP contribution in [0.4, 0.5) is 0 Å². The van der Waals surface area contributed by atoms with Crippen molar-refractivity contribution in [2.45, 2.75) is 6.92 Å². The second kappa shape index (κ2) is 3.25. The van der Waals surface area contributed by atoms with Gasteiger partial charge in [0.15, 0.2) is 12.2 Å². The van der Waals surface area contributed by atoms with Gasteiger partial charge in [-0.05, 0) is 6.92 Å². The van der Waals surface area contributed by atoms with E-state index < -0.39 is 17.3 Å². The molecule has 0 spiro atoms. The third-order valence-electron chi connectivity index (χ3n) is 1.31. The van der Waals surface area contributed by atoms with Gasteiger partial charge in [0, 0.05) is 0 Å². The molecule has 0 radical (unpaired) electrons. The van der Waals surface area contributed by atoms with E-state index in [0.717, 1.165) is 0 Å². The molecule has 5 nitrogen and oxygen atoms in total. The number of Topliss-reactive ketones (excluding diaryl/α,β-unsaturated/α-hetero) is 1. The maximum atomic E-state index is 10.9. The van der Waals surface area contributed by atoms with Crippen LogP contribution in [0, 0.1) is 0 Å². The normalized spacial score (nSPS) is 16.2. The van der Waals surface area contributed by atoms with Gasteiger partial charge in [0.1, 0.15) is 0 Å². The van der Waals surface area contributed by atoms with Gasteiger partial charge in [0.05, 0.1) is 6.61 Å². The number of carbonyl (C=O) groups excluding carboxylic acids is 1. The smallest absolute Gasteiger partial charge is 0.346 e. The van der Waals surface area contributed by atoms with Gasteiger partial charge in [-0.1, -0.05) is 0 Å². The molecular formula is C7H8O5. The number of carboxylic acids is 1. The highest BCUT2D eigenvalue weighted by molar-refractivity contribution is 6.18. The lowest BCUT2D eigenvalue weighted by Gasteiger charge is -2.02. The number of rotatable bonds is 3. The Kier molecular flexibility index (Phi) is 2.32. The molecule has 0 aromatic rings. The van der Waals surface area contributed by atoms with Crippen LogP contribution in [0.25, 0.3) is 0 Å². The van der Waals surface area contributed by atoms with Crippen molar-refractivity contribution in [1.82, 2.24) is 0 Å². The first kappa shape index (κ1) is 8.58. The molecule has 12 heavy (non-hydrogen) atoms. The van der Waals surface area contributed by atoms with Crippen molar-refractivity contribution in [3.63, 3.8) is 0 Å². The van der Waals surface area contributed by atoms with Crippen molar-refractivity contribution in [3.8, 4) is 0 Å². The van der Waals surface area contributed by atoms with E-state index in [4.69, 9.17) is 14.6 Å². The first-order valence-electron chi connectivity index (χ1n) is 3.43. The number of aliphatic carboxylic acids is 1. The number of carboxylic acid groups (broad SMARTS) is 1. The Bertz CT molecular complexity index is 253. The average molecular weight is 172 g/mol. The molecule has 0 bridgehead atoms. The molecule has 0 fully saturated rings. The van der Waals surface area contributed by atoms with E-state index in [1.165, 1.54) is 0 Å². The molecule has 0 aromatic carbocycles. The van der Waals surface area contributed by atoms with Crippen molar-refractivity contribution in [1.29, 1.82) is 0 Å². The summed E-state index contributed by atoms with van der Waals surface area (Å²) in [5.74, 6) is -2.03. The van der Waals surface area contributed by atoms with E-state index >= 15 is 0 Å². The van der Waals surface area contributed by atoms with E-state index in [-0.39, 0.29) is 19.2 Å². The molecule has 1 rings (SSSR count). The summed E-state index contributed by atoms with van der Waals surface area (Å²) in [6.45, 7) is 1.72. The molecule has 0 saturated carbocycles. The quantitative estimate of drug-likeness (QED) is 0.602. The van der Waals surface area contributed by atoms with Gasteiger partial charge in [0.2, 0.25) is 5.78 Å². The Morgan fingerprint density at radius 3 is 2.92 bits per heavy atom. The lowest BCUT2D eigenvalue weighted by molar-refractivity contribution is -0.134. The van der Waals surface area contributed by atoms with Gasteiger partial charge in [-0.15, -0.1) is 0 Å². The molecule has 0 unspecified atom stereocenters. The topological polar surface area (TPSA) is 72.8 Å². The van der Waals surface area contributed by atoms with Crippen LogP contribution < -0.4 is 0 Å². The molecule has 1 heterocycles. The fraction of sp³-hybridized carbons (Fsp3) is 0.429. The zero-order valence-corrected chi connectivity index (χ0v) is 6.49. The summed E-state index contributed by atoms with van der Waals surface area (Å²) in [5.41, 5.74) is -0.392. The molecule has 0 atom stereocenters. The van der Waals surface area contributed by atoms with Crippen molar-refractivity contribution in [2.75, 3.05) is 13.2 Å². The van der Waals surface area contributed by atoms with Crippen LogP contribution >= 0.6 is 0 Å². The second-order valence-corrected chi connectivity index (χ2v) is 2.11. The summed E-state index contributed by atoms with van der Waals surface area (Å²) in [6.07, 6.45) is 0. The van der Waals surface area contributed by atoms with E-state index in [9.17, 15) is 9.59 Å². The van der Waals surface area contributed by atoms with Crippen LogP contribution in [0.15, 0.2) is 11.5 Å². The third kappa shape index (κ3) is 1.39. The molecule has 0 aliphatic carbocycles. The lowest BCUT2D eigenvalue weighted by Crippen LogP contribution is -2.11. The maximum absolute atomic E-state index is 10.9. The first-order valence-corrected chi connectivity index (χ1v) is 3.43. The molecule has 66 valence electrons. The van der Waals surface area contributed by atoms with Crippen LogP contribution in [0.1, 0.15) is 6.92 Å². The largest absolute Gasteiger partial charge is 0.477 e. The third-order valence-corrected chi connectivity index (χ3v) is 1.31. The summed E-state index contributed by atoms with van der Waals surface area (Å²) < 4.78 is 9.51. The Labute approximate surface area is 68.6 Å². The Balaban J connectivity index is 2.90. The minimum atomic E-state index is -1.30. The highest BCUT2D eigenvalue weighted by Crippen LogP contribution is 2.17. The number of ether oxygens (including phenoxy) is 2. The monoisotopic (exact) mass is 172 g/mol. The number of hydrogen-bond acceptors (Lipinski definition) is 4. The molecule has 5 heteroatoms. The van der Waals surface area contributed by atoms with Gasteiger partial charge < -0.3 is 14.6 Å². The fourth-order valence-corrected chi connectivity index (χ4v) is 0.841. The van der Waals surface area contributed by atoms with Crippen LogP contribution in [-0.4, -0.2) is 30.1 Å². The van der Waals surface area contributed by atoms with E-state index in [1.807, 2.05) is 0 Å². The van der Waals surface area contributed by atoms with E-state index in [1.54, 1.807) is 6.92 Å². The van der Waals surface area contributed by atoms with Crippen molar-refractivity contribution in [3.05, 3.63) is 11.5 Å². The van der Waals surface area contributed by atoms with Gasteiger partial charge in [-0.25, -0.2) is 4.79 Å². The predicted octanol–water partition coefficient (Wildman–Crippen LogP) is -0.0816. The highest BCUT2D eigenvalue weighted by atomic mass is 16.7. The summed E-state index contributed by atoms with van der Waals surface area (Å²) in [6, 6.07) is 0. The molecule has 0 amide bonds. The SMILES string of the molecule is CCOC1=C(C(=O)O)C(=O)CO1. The average Bonchev–Trinajstić information content (AvgIpc) is 2.32. The molecule has 1 N–H and O–H groups in total. The zero-order valence-electron chi connectivity index (χ0n) is 6.49. The minimum Gasteiger partial charge on any atom is -0.477 e. The van der Waals surface area contributed by atoms with Gasteiger partial charge in [-0.2, -0.15) is 0 Å². The molecule has 0 aromatic heterocycles. The Hall–Kier alpha value is -1.52. The van der Waals surface area contributed by atoms with Crippen molar-refractivity contribution >= 4 is 11.8 Å². The van der Waals surface area contributed by atoms with Crippen LogP contribution in [0.3, 0.4) is 0 Å². The standard InChI is InChI=1S/C7H8O5/c1-2-11-7-5(6(9)10)4(8)3-12-7/h2-3H2,1H3,(H,9,10). The lowest BCUT2D eigenvalue weighted by atomic mass is 10.2. The van der Waals surface area contributed by atoms with E-state index in [0.29, 0.717) is 0 Å². The zero-order chi connectivity index (χ0) is 9.14. The molecule has 0 saturated heterocycles. The van der Waals surface area contributed by atoms with Gasteiger partial charge >= 0.3 is 5.97 Å². The Morgan fingerprint density at radius 2 is 2.42 bits per heavy atom.